The van der Waals surface area contributed by atoms with Gasteiger partial charge in [0.15, 0.2) is 17.0 Å². The molecule has 0 saturated carbocycles. The van der Waals surface area contributed by atoms with Gasteiger partial charge in [-0.3, -0.25) is 5.10 Å². The Morgan fingerprint density at radius 3 is 2.77 bits per heavy atom. The van der Waals surface area contributed by atoms with Crippen LogP contribution in [0.2, 0.25) is 0 Å². The van der Waals surface area contributed by atoms with Crippen LogP contribution in [0.25, 0.3) is 33.5 Å². The molecule has 1 aromatic carbocycles. The van der Waals surface area contributed by atoms with Gasteiger partial charge in [-0.05, 0) is 30.4 Å². The molecule has 0 bridgehead atoms. The van der Waals surface area contributed by atoms with E-state index in [1.807, 2.05) is 17.8 Å². The minimum absolute atomic E-state index is 0.556. The van der Waals surface area contributed by atoms with E-state index in [1.165, 1.54) is 16.5 Å². The van der Waals surface area contributed by atoms with E-state index in [0.29, 0.717) is 5.92 Å². The third kappa shape index (κ3) is 2.60. The summed E-state index contributed by atoms with van der Waals surface area (Å²) in [7, 11) is 1.98. The van der Waals surface area contributed by atoms with Gasteiger partial charge in [-0.15, -0.1) is 0 Å². The Morgan fingerprint density at radius 1 is 1.07 bits per heavy atom. The minimum atomic E-state index is 0.556. The monoisotopic (exact) mass is 398 g/mol. The number of hydrogen-bond donors (Lipinski definition) is 2. The molecular weight excluding hydrogens is 376 g/mol. The van der Waals surface area contributed by atoms with Crippen molar-refractivity contribution in [1.29, 1.82) is 0 Å². The molecule has 5 heterocycles. The average Bonchev–Trinajstić information content (AvgIpc) is 3.53. The predicted molar refractivity (Wildman–Crippen MR) is 116 cm³/mol. The zero-order valence-corrected chi connectivity index (χ0v) is 16.7. The Kier molecular flexibility index (Phi) is 3.83. The number of nitrogens with zero attached hydrogens (tertiary/aromatic N) is 6. The quantitative estimate of drug-likeness (QED) is 0.484. The predicted octanol–water partition coefficient (Wildman–Crippen LogP) is 3.62. The van der Waals surface area contributed by atoms with Crippen molar-refractivity contribution in [3.63, 3.8) is 0 Å². The Bertz CT molecular complexity index is 1320. The van der Waals surface area contributed by atoms with Crippen molar-refractivity contribution in [2.45, 2.75) is 18.8 Å². The maximum Gasteiger partial charge on any atom is 0.165 e. The summed E-state index contributed by atoms with van der Waals surface area (Å²) in [4.78, 5) is 19.7. The fraction of sp³-hybridized carbons (Fsp3) is 0.273. The first-order valence-electron chi connectivity index (χ1n) is 10.3. The summed E-state index contributed by atoms with van der Waals surface area (Å²) in [6.07, 6.45) is 9.64. The molecule has 0 spiro atoms. The van der Waals surface area contributed by atoms with Crippen molar-refractivity contribution < 1.29 is 0 Å². The van der Waals surface area contributed by atoms with Crippen LogP contribution in [0.5, 0.6) is 0 Å². The normalized spacial score (nSPS) is 15.4. The Labute approximate surface area is 173 Å². The number of aryl methyl sites for hydroxylation is 1. The Balaban J connectivity index is 1.30. The van der Waals surface area contributed by atoms with Crippen molar-refractivity contribution in [2.24, 2.45) is 7.05 Å². The molecule has 30 heavy (non-hydrogen) atoms. The molecule has 0 atom stereocenters. The van der Waals surface area contributed by atoms with Gasteiger partial charge >= 0.3 is 0 Å². The second-order valence-electron chi connectivity index (χ2n) is 7.90. The highest BCUT2D eigenvalue weighted by Gasteiger charge is 2.26. The number of aromatic nitrogens is 7. The number of rotatable bonds is 3. The van der Waals surface area contributed by atoms with Gasteiger partial charge in [0.05, 0.1) is 11.8 Å². The lowest BCUT2D eigenvalue weighted by Crippen LogP contribution is -2.33. The molecule has 1 aliphatic heterocycles. The van der Waals surface area contributed by atoms with E-state index in [1.54, 1.807) is 12.5 Å². The zero-order chi connectivity index (χ0) is 20.1. The second-order valence-corrected chi connectivity index (χ2v) is 7.90. The third-order valence-corrected chi connectivity index (χ3v) is 6.25. The molecule has 6 rings (SSSR count). The summed E-state index contributed by atoms with van der Waals surface area (Å²) in [6, 6.07) is 8.55. The number of fused-ring (bicyclic) bond motifs is 2. The highest BCUT2D eigenvalue weighted by Crippen LogP contribution is 2.35. The molecule has 1 fully saturated rings. The number of hydrogen-bond acceptors (Lipinski definition) is 5. The fourth-order valence-electron chi connectivity index (χ4n) is 4.68. The number of aromatic amines is 2. The van der Waals surface area contributed by atoms with Crippen LogP contribution in [0.1, 0.15) is 24.3 Å². The number of nitrogens with one attached hydrogen (secondary N) is 2. The Hall–Kier alpha value is -3.68. The van der Waals surface area contributed by atoms with E-state index < -0.39 is 0 Å². The minimum Gasteiger partial charge on any atom is -0.361 e. The van der Waals surface area contributed by atoms with Crippen molar-refractivity contribution in [1.82, 2.24) is 34.7 Å². The number of anilines is 1. The number of imidazole rings is 1. The van der Waals surface area contributed by atoms with E-state index in [2.05, 4.69) is 60.5 Å². The second kappa shape index (κ2) is 6.69. The van der Waals surface area contributed by atoms with Gasteiger partial charge in [0.1, 0.15) is 12.2 Å². The number of para-hydroxylation sites is 1. The molecule has 5 aromatic rings. The topological polar surface area (TPSA) is 91.3 Å². The molecule has 0 unspecified atom stereocenters. The highest BCUT2D eigenvalue weighted by atomic mass is 15.2. The summed E-state index contributed by atoms with van der Waals surface area (Å²) in [5, 5.41) is 8.25. The third-order valence-electron chi connectivity index (χ3n) is 6.25. The standard InChI is InChI=1S/C22H22N8/c1-29-20(15-10-26-27-11-15)28-19-21(29)24-13-25-22(19)30-8-6-14(7-9-30)17-12-23-18-5-3-2-4-16(17)18/h2-5,10-14,23H,6-9H2,1H3,(H,26,27). The van der Waals surface area contributed by atoms with Crippen molar-refractivity contribution in [3.05, 3.63) is 54.7 Å². The van der Waals surface area contributed by atoms with Crippen molar-refractivity contribution >= 4 is 27.9 Å². The van der Waals surface area contributed by atoms with Gasteiger partial charge < -0.3 is 14.5 Å². The number of piperidine rings is 1. The summed E-state index contributed by atoms with van der Waals surface area (Å²) < 4.78 is 2.00. The summed E-state index contributed by atoms with van der Waals surface area (Å²) in [6.45, 7) is 1.90. The van der Waals surface area contributed by atoms with E-state index in [0.717, 1.165) is 54.3 Å². The zero-order valence-electron chi connectivity index (χ0n) is 16.7. The van der Waals surface area contributed by atoms with E-state index in [-0.39, 0.29) is 0 Å². The van der Waals surface area contributed by atoms with E-state index >= 15 is 0 Å². The smallest absolute Gasteiger partial charge is 0.165 e. The van der Waals surface area contributed by atoms with Crippen LogP contribution in [-0.4, -0.2) is 47.8 Å². The Morgan fingerprint density at radius 2 is 1.93 bits per heavy atom. The van der Waals surface area contributed by atoms with Crippen LogP contribution in [-0.2, 0) is 7.05 Å². The van der Waals surface area contributed by atoms with Gasteiger partial charge in [0, 0.05) is 43.4 Å². The van der Waals surface area contributed by atoms with Gasteiger partial charge in [0.25, 0.3) is 0 Å². The molecule has 4 aromatic heterocycles. The molecule has 8 heteroatoms. The van der Waals surface area contributed by atoms with E-state index in [4.69, 9.17) is 4.98 Å². The van der Waals surface area contributed by atoms with Crippen LogP contribution < -0.4 is 4.90 Å². The molecule has 1 saturated heterocycles. The lowest BCUT2D eigenvalue weighted by Gasteiger charge is -2.32. The molecule has 0 aliphatic carbocycles. The van der Waals surface area contributed by atoms with Gasteiger partial charge in [-0.25, -0.2) is 15.0 Å². The van der Waals surface area contributed by atoms with Crippen molar-refractivity contribution in [2.75, 3.05) is 18.0 Å². The first-order chi connectivity index (χ1) is 14.8. The van der Waals surface area contributed by atoms with Crippen LogP contribution in [0.4, 0.5) is 5.82 Å². The maximum atomic E-state index is 4.87. The fourth-order valence-corrected chi connectivity index (χ4v) is 4.68. The summed E-state index contributed by atoms with van der Waals surface area (Å²) >= 11 is 0. The van der Waals surface area contributed by atoms with Gasteiger partial charge in [-0.2, -0.15) is 5.10 Å². The van der Waals surface area contributed by atoms with Gasteiger partial charge in [0.2, 0.25) is 0 Å². The molecule has 0 amide bonds. The van der Waals surface area contributed by atoms with Gasteiger partial charge in [-0.1, -0.05) is 18.2 Å². The first-order valence-corrected chi connectivity index (χ1v) is 10.3. The van der Waals surface area contributed by atoms with Crippen LogP contribution in [0, 0.1) is 0 Å². The molecule has 0 radical (unpaired) electrons. The lowest BCUT2D eigenvalue weighted by atomic mass is 9.89. The number of benzene rings is 1. The van der Waals surface area contributed by atoms with E-state index in [9.17, 15) is 0 Å². The van der Waals surface area contributed by atoms with Crippen molar-refractivity contribution in [3.8, 4) is 11.4 Å². The lowest BCUT2D eigenvalue weighted by molar-refractivity contribution is 0.505. The molecular formula is C22H22N8. The van der Waals surface area contributed by atoms with Crippen LogP contribution >= 0.6 is 0 Å². The average molecular weight is 398 g/mol. The SMILES string of the molecule is Cn1c(-c2cn[nH]c2)nc2c(N3CCC(c4c[nH]c5ccccc45)CC3)ncnc21. The highest BCUT2D eigenvalue weighted by molar-refractivity contribution is 5.87. The maximum absolute atomic E-state index is 4.87. The largest absolute Gasteiger partial charge is 0.361 e. The van der Waals surface area contributed by atoms with Crippen LogP contribution in [0.15, 0.2) is 49.2 Å². The van der Waals surface area contributed by atoms with Crippen LogP contribution in [0.3, 0.4) is 0 Å². The summed E-state index contributed by atoms with van der Waals surface area (Å²) in [5.41, 5.74) is 5.28. The molecule has 2 N–H and O–H groups in total. The molecule has 150 valence electrons. The number of H-pyrrole nitrogens is 2. The molecule has 1 aliphatic rings. The first kappa shape index (κ1) is 17.2. The molecule has 8 nitrogen and oxygen atoms in total. The summed E-state index contributed by atoms with van der Waals surface area (Å²) in [5.74, 6) is 2.32.